The van der Waals surface area contributed by atoms with Gasteiger partial charge in [-0.05, 0) is 168 Å². The largest absolute Gasteiger partial charge is 0.481 e. The fraction of sp³-hybridized carbons (Fsp3) is 0.460. The van der Waals surface area contributed by atoms with Crippen LogP contribution in [0.2, 0.25) is 0 Å². The maximum Gasteiger partial charge on any atom is 0.425 e. The number of nitrogens with zero attached hydrogens (tertiary/aromatic N) is 2. The van der Waals surface area contributed by atoms with Crippen LogP contribution in [0.5, 0.6) is 5.75 Å². The highest BCUT2D eigenvalue weighted by Gasteiger charge is 2.46. The number of rotatable bonds is 48. The van der Waals surface area contributed by atoms with Gasteiger partial charge in [0.2, 0.25) is 17.5 Å². The van der Waals surface area contributed by atoms with Crippen molar-refractivity contribution in [2.24, 2.45) is 11.8 Å². The summed E-state index contributed by atoms with van der Waals surface area (Å²) in [6.07, 6.45) is 11.2. The van der Waals surface area contributed by atoms with Crippen molar-refractivity contribution in [3.05, 3.63) is 196 Å². The minimum absolute atomic E-state index is 0.0116. The summed E-state index contributed by atoms with van der Waals surface area (Å²) in [7, 11) is -14.5. The number of Topliss-reactive ketones (excluding diaryl/α,β-unsaturated/α-hetero) is 3. The molecule has 0 fully saturated rings. The molecule has 8 rings (SSSR count). The van der Waals surface area contributed by atoms with Crippen LogP contribution < -0.4 is 30.9 Å². The molecule has 5 aromatic rings. The quantitative estimate of drug-likeness (QED) is 0.00993. The van der Waals surface area contributed by atoms with Gasteiger partial charge in [0.05, 0.1) is 28.9 Å². The maximum atomic E-state index is 14.4. The number of ketones is 3. The predicted octanol–water partition coefficient (Wildman–Crippen LogP) is 9.53. The van der Waals surface area contributed by atoms with Gasteiger partial charge in [0, 0.05) is 112 Å². The Morgan fingerprint density at radius 2 is 1.11 bits per heavy atom. The molecule has 0 saturated heterocycles. The fourth-order valence-electron chi connectivity index (χ4n) is 15.2. The number of anilines is 1. The zero-order valence-corrected chi connectivity index (χ0v) is 72.8. The Morgan fingerprint density at radius 1 is 0.573 bits per heavy atom. The van der Waals surface area contributed by atoms with Crippen LogP contribution in [0.25, 0.3) is 0 Å². The molecule has 3 aliphatic rings. The van der Waals surface area contributed by atoms with E-state index >= 15 is 0 Å². The molecule has 5 aromatic carbocycles. The number of urea groups is 1. The highest BCUT2D eigenvalue weighted by atomic mass is 32.2. The summed E-state index contributed by atoms with van der Waals surface area (Å²) >= 11 is 0. The van der Waals surface area contributed by atoms with Crippen molar-refractivity contribution in [1.82, 2.24) is 21.3 Å². The van der Waals surface area contributed by atoms with Gasteiger partial charge < -0.3 is 46.2 Å². The van der Waals surface area contributed by atoms with Crippen LogP contribution in [0.15, 0.2) is 169 Å². The van der Waals surface area contributed by atoms with Crippen LogP contribution in [-0.4, -0.2) is 192 Å². The molecule has 2 heterocycles. The van der Waals surface area contributed by atoms with Crippen molar-refractivity contribution < 1.29 is 129 Å². The molecule has 1 aliphatic carbocycles. The van der Waals surface area contributed by atoms with E-state index in [-0.39, 0.29) is 157 Å². The molecule has 9 N–H and O–H groups in total. The SMILES string of the molecule is CC1(C)C(/C=C/C2=C(Oc3ccc(C[C@H](CC(=O)CCCNC(=O)[C@@H](CC(=O)[C@H](Cc4ccccc4)NC(=O)CCCCC(=O)CC[C@H](NC(=O)NCCCC(=O)O)C(=O)O)Cc4ccccc4)C(=O)O)cc3)C(=C/CC3N(CCCCS(=O)(=O)O)c4ccccc4C3(C)C)/CCC2)=[N+](CCCCS(=O)(=O)O)c2ccccc21.O=C=O.O=S(=O)=O.O=S(=O)=O. The first-order valence-corrected chi connectivity index (χ1v) is 45.7. The molecular weight excluding hydrogens is 1690 g/mol. The number of carboxylic acids is 3. The second kappa shape index (κ2) is 51.7. The molecule has 0 bridgehead atoms. The van der Waals surface area contributed by atoms with Crippen molar-refractivity contribution in [2.45, 2.75) is 204 Å². The van der Waals surface area contributed by atoms with E-state index in [0.29, 0.717) is 68.7 Å². The topological polar surface area (TPSA) is 523 Å². The van der Waals surface area contributed by atoms with Crippen molar-refractivity contribution in [2.75, 3.05) is 42.6 Å². The monoisotopic (exact) mass is 1800 g/mol. The number of ether oxygens (including phenoxy) is 1. The molecule has 2 aliphatic heterocycles. The smallest absolute Gasteiger partial charge is 0.425 e. The van der Waals surface area contributed by atoms with Crippen LogP contribution in [0.3, 0.4) is 0 Å². The maximum absolute atomic E-state index is 14.4. The van der Waals surface area contributed by atoms with Crippen molar-refractivity contribution in [1.29, 1.82) is 0 Å². The normalized spacial score (nSPS) is 15.5. The Balaban J connectivity index is 0.00000234. The van der Waals surface area contributed by atoms with E-state index in [1.54, 1.807) is 36.4 Å². The molecule has 4 amide bonds. The van der Waals surface area contributed by atoms with Gasteiger partial charge in [-0.1, -0.05) is 129 Å². The molecule has 37 heteroatoms. The van der Waals surface area contributed by atoms with E-state index in [2.05, 4.69) is 101 Å². The third kappa shape index (κ3) is 36.6. The first-order valence-electron chi connectivity index (χ1n) is 40.5. The van der Waals surface area contributed by atoms with Crippen molar-refractivity contribution in [3.8, 4) is 5.75 Å². The summed E-state index contributed by atoms with van der Waals surface area (Å²) in [6.45, 7) is 9.88. The molecule has 0 saturated carbocycles. The van der Waals surface area contributed by atoms with Crippen LogP contribution in [-0.2, 0) is 119 Å². The number of carbonyl (C=O) groups excluding carboxylic acids is 8. The lowest BCUT2D eigenvalue weighted by molar-refractivity contribution is -0.438. The molecule has 0 spiro atoms. The Kier molecular flexibility index (Phi) is 43.0. The third-order valence-electron chi connectivity index (χ3n) is 21.3. The minimum Gasteiger partial charge on any atom is -0.481 e. The Bertz CT molecular complexity index is 5130. The van der Waals surface area contributed by atoms with E-state index in [1.807, 2.05) is 72.8 Å². The number of amides is 4. The predicted molar refractivity (Wildman–Crippen MR) is 455 cm³/mol. The molecule has 124 heavy (non-hydrogen) atoms. The average Bonchev–Trinajstić information content (AvgIpc) is 1.60. The second-order valence-electron chi connectivity index (χ2n) is 31.2. The van der Waals surface area contributed by atoms with Gasteiger partial charge >= 0.3 is 51.3 Å². The first kappa shape index (κ1) is 103. The number of hydrogen-bond acceptors (Lipinski definition) is 23. The Hall–Kier alpha value is -11.3. The standard InChI is InChI=1S/C86H108N6O19S2.CO2.2O3S/c1-85(2)69-32-12-14-34-73(69)91(50-17-19-52-112(105,106)107)76(85)46-40-62-28-21-29-63(41-47-77-86(3,4)70-33-13-15-35-74(70)92(77)51-18-20-53-113(108,109)110)80(62)111-68-43-38-61(39-44-68)55-65(82(100)101)57-67(94)31-22-48-87-81(99)64(54-59-24-7-5-8-25-59)58-75(95)72(56-60-26-9-6-10-27-60)89-78(96)36-16-11-30-66(93)42-45-71(83(102)103)90-84(104)88-49-23-37-79(97)98;2-1-3;2*1-4(2)3/h5-10,12-15,24-27,32-35,38-41,43-44,46,64-65,71-72,77H,11,16-23,28-31,36-37,42,45,47-58H2,1-4H3,(H8-,87,88,89,90,96,97,98,99,100,101,102,103,104,105,106,107,108,109,110);;;/p+1/b46-40+,63-41+;;;/t64-,65-,71+,72+,77?;;;/m1.../s1. The minimum atomic E-state index is -4.14. The first-order chi connectivity index (χ1) is 58.6. The van der Waals surface area contributed by atoms with Gasteiger partial charge in [0.1, 0.15) is 35.7 Å². The van der Waals surface area contributed by atoms with Gasteiger partial charge in [-0.2, -0.15) is 31.0 Å². The van der Waals surface area contributed by atoms with Crippen molar-refractivity contribution >= 4 is 118 Å². The molecule has 672 valence electrons. The molecule has 0 radical (unpaired) electrons. The summed E-state index contributed by atoms with van der Waals surface area (Å²) in [6, 6.07) is 38.4. The molecule has 1 unspecified atom stereocenters. The van der Waals surface area contributed by atoms with Crippen LogP contribution >= 0.6 is 0 Å². The third-order valence-corrected chi connectivity index (χ3v) is 22.9. The number of unbranched alkanes of at least 4 members (excludes halogenated alkanes) is 3. The summed E-state index contributed by atoms with van der Waals surface area (Å²) < 4.78 is 126. The summed E-state index contributed by atoms with van der Waals surface area (Å²) in [4.78, 5) is 135. The number of benzene rings is 5. The lowest BCUT2D eigenvalue weighted by Crippen LogP contribution is -2.46. The van der Waals surface area contributed by atoms with E-state index in [0.717, 1.165) is 51.3 Å². The fourth-order valence-corrected chi connectivity index (χ4v) is 16.4. The Morgan fingerprint density at radius 3 is 1.72 bits per heavy atom. The number of nitrogens with one attached hydrogen (secondary N) is 4. The number of para-hydroxylation sites is 2. The summed E-state index contributed by atoms with van der Waals surface area (Å²) in [5.41, 5.74) is 8.70. The van der Waals surface area contributed by atoms with Crippen LogP contribution in [0.4, 0.5) is 16.2 Å². The zero-order chi connectivity index (χ0) is 91.7. The number of carbonyl (C=O) groups is 9. The molecule has 33 nitrogen and oxygen atoms in total. The lowest BCUT2D eigenvalue weighted by Gasteiger charge is -2.34. The Labute approximate surface area is 724 Å². The highest BCUT2D eigenvalue weighted by Crippen LogP contribution is 2.48. The molecular formula is C87H109N6O27S4+. The number of hydrogen-bond donors (Lipinski definition) is 9. The molecule has 5 atom stereocenters. The van der Waals surface area contributed by atoms with Gasteiger partial charge in [-0.15, -0.1) is 25.3 Å². The van der Waals surface area contributed by atoms with E-state index in [4.69, 9.17) is 44.7 Å². The lowest BCUT2D eigenvalue weighted by atomic mass is 9.78. The average molecular weight is 1800 g/mol. The van der Waals surface area contributed by atoms with E-state index < -0.39 is 112 Å². The van der Waals surface area contributed by atoms with Gasteiger partial charge in [-0.3, -0.25) is 42.7 Å². The summed E-state index contributed by atoms with van der Waals surface area (Å²) in [5.74, 6) is -6.94. The highest BCUT2D eigenvalue weighted by molar-refractivity contribution is 7.86. The van der Waals surface area contributed by atoms with Gasteiger partial charge in [-0.25, -0.2) is 9.59 Å². The van der Waals surface area contributed by atoms with Crippen molar-refractivity contribution in [3.63, 3.8) is 0 Å². The van der Waals surface area contributed by atoms with Gasteiger partial charge in [0.25, 0.3) is 20.2 Å². The van der Waals surface area contributed by atoms with Crippen LogP contribution in [0, 0.1) is 11.8 Å². The van der Waals surface area contributed by atoms with E-state index in [9.17, 15) is 79.3 Å². The van der Waals surface area contributed by atoms with E-state index in [1.165, 1.54) is 5.56 Å². The number of fused-ring (bicyclic) bond motifs is 2. The summed E-state index contributed by atoms with van der Waals surface area (Å²) in [5, 5.41) is 39.4. The number of allylic oxidation sites excluding steroid dienone is 4. The van der Waals surface area contributed by atoms with Gasteiger partial charge in [0.15, 0.2) is 11.5 Å². The zero-order valence-electron chi connectivity index (χ0n) is 69.6. The number of aliphatic carboxylic acids is 3. The second-order valence-corrected chi connectivity index (χ2v) is 35.1. The number of carboxylic acid groups (broad SMARTS) is 3. The van der Waals surface area contributed by atoms with Crippen LogP contribution in [0.1, 0.15) is 184 Å². The molecule has 0 aromatic heterocycles.